The molecule has 0 aliphatic carbocycles. The molecular formula is C19H17BrN2O5. The van der Waals surface area contributed by atoms with Gasteiger partial charge in [0.05, 0.1) is 20.6 Å². The molecule has 7 nitrogen and oxygen atoms in total. The van der Waals surface area contributed by atoms with Gasteiger partial charge in [-0.3, -0.25) is 4.79 Å². The lowest BCUT2D eigenvalue weighted by atomic mass is 10.2. The number of ether oxygens (including phenoxy) is 3. The lowest BCUT2D eigenvalue weighted by Gasteiger charge is -2.07. The molecule has 0 aliphatic rings. The summed E-state index contributed by atoms with van der Waals surface area (Å²) in [5.74, 6) is 1.37. The van der Waals surface area contributed by atoms with Crippen molar-refractivity contribution in [1.29, 1.82) is 0 Å². The van der Waals surface area contributed by atoms with Gasteiger partial charge in [0, 0.05) is 10.0 Å². The molecule has 0 N–H and O–H groups in total. The molecule has 0 aliphatic heterocycles. The van der Waals surface area contributed by atoms with Crippen LogP contribution in [0.15, 0.2) is 51.5 Å². The Bertz CT molecular complexity index is 924. The van der Waals surface area contributed by atoms with Crippen molar-refractivity contribution in [2.75, 3.05) is 14.2 Å². The third-order valence-electron chi connectivity index (χ3n) is 3.73. The van der Waals surface area contributed by atoms with E-state index in [-0.39, 0.29) is 24.9 Å². The van der Waals surface area contributed by atoms with E-state index < -0.39 is 0 Å². The minimum absolute atomic E-state index is 0.0876. The number of methoxy groups -OCH3 is 2. The summed E-state index contributed by atoms with van der Waals surface area (Å²) in [6.45, 7) is -0.0876. The van der Waals surface area contributed by atoms with Crippen LogP contribution in [0.1, 0.15) is 11.5 Å². The molecule has 0 atom stereocenters. The van der Waals surface area contributed by atoms with Gasteiger partial charge in [-0.15, -0.1) is 0 Å². The highest BCUT2D eigenvalue weighted by Crippen LogP contribution is 2.31. The molecule has 0 saturated heterocycles. The fourth-order valence-corrected chi connectivity index (χ4v) is 2.63. The molecule has 0 bridgehead atoms. The number of rotatable bonds is 7. The second-order valence-corrected chi connectivity index (χ2v) is 6.46. The van der Waals surface area contributed by atoms with Gasteiger partial charge in [-0.2, -0.15) is 4.98 Å². The molecule has 27 heavy (non-hydrogen) atoms. The van der Waals surface area contributed by atoms with Crippen LogP contribution in [0.25, 0.3) is 11.4 Å². The normalized spacial score (nSPS) is 10.5. The van der Waals surface area contributed by atoms with Crippen LogP contribution >= 0.6 is 15.9 Å². The van der Waals surface area contributed by atoms with Gasteiger partial charge in [-0.05, 0) is 35.9 Å². The molecule has 0 unspecified atom stereocenters. The van der Waals surface area contributed by atoms with Crippen molar-refractivity contribution in [1.82, 2.24) is 10.1 Å². The van der Waals surface area contributed by atoms with E-state index in [1.165, 1.54) is 0 Å². The summed E-state index contributed by atoms with van der Waals surface area (Å²) in [5.41, 5.74) is 1.56. The second kappa shape index (κ2) is 8.68. The number of hydrogen-bond donors (Lipinski definition) is 0. The Hall–Kier alpha value is -2.87. The summed E-state index contributed by atoms with van der Waals surface area (Å²) in [7, 11) is 3.11. The molecule has 2 aromatic carbocycles. The van der Waals surface area contributed by atoms with Gasteiger partial charge < -0.3 is 18.7 Å². The number of esters is 1. The average molecular weight is 433 g/mol. The molecule has 0 fully saturated rings. The maximum absolute atomic E-state index is 11.9. The maximum atomic E-state index is 11.9. The summed E-state index contributed by atoms with van der Waals surface area (Å²) in [4.78, 5) is 16.2. The first-order chi connectivity index (χ1) is 13.1. The van der Waals surface area contributed by atoms with Crippen molar-refractivity contribution in [2.24, 2.45) is 0 Å². The zero-order chi connectivity index (χ0) is 19.2. The molecule has 140 valence electrons. The second-order valence-electron chi connectivity index (χ2n) is 5.55. The minimum Gasteiger partial charge on any atom is -0.493 e. The van der Waals surface area contributed by atoms with Gasteiger partial charge >= 0.3 is 5.97 Å². The van der Waals surface area contributed by atoms with E-state index in [2.05, 4.69) is 26.1 Å². The van der Waals surface area contributed by atoms with Crippen molar-refractivity contribution in [2.45, 2.75) is 13.0 Å². The molecular weight excluding hydrogens is 416 g/mol. The van der Waals surface area contributed by atoms with Crippen LogP contribution in [0.3, 0.4) is 0 Å². The van der Waals surface area contributed by atoms with E-state index in [1.54, 1.807) is 32.4 Å². The minimum atomic E-state index is -0.372. The van der Waals surface area contributed by atoms with Crippen molar-refractivity contribution >= 4 is 21.9 Å². The lowest BCUT2D eigenvalue weighted by molar-refractivity contribution is -0.144. The van der Waals surface area contributed by atoms with Gasteiger partial charge in [0.2, 0.25) is 5.82 Å². The van der Waals surface area contributed by atoms with Crippen molar-refractivity contribution in [3.05, 3.63) is 58.4 Å². The molecule has 1 heterocycles. The van der Waals surface area contributed by atoms with Crippen LogP contribution in [0.4, 0.5) is 0 Å². The number of aromatic nitrogens is 2. The Balaban J connectivity index is 1.61. The van der Waals surface area contributed by atoms with Crippen molar-refractivity contribution < 1.29 is 23.5 Å². The van der Waals surface area contributed by atoms with Gasteiger partial charge in [-0.25, -0.2) is 0 Å². The zero-order valence-electron chi connectivity index (χ0n) is 14.8. The fourth-order valence-electron chi connectivity index (χ4n) is 2.37. The van der Waals surface area contributed by atoms with E-state index in [0.717, 1.165) is 10.0 Å². The number of benzene rings is 2. The van der Waals surface area contributed by atoms with Crippen LogP contribution in [-0.4, -0.2) is 30.3 Å². The highest BCUT2D eigenvalue weighted by atomic mass is 79.9. The van der Waals surface area contributed by atoms with Crippen molar-refractivity contribution in [3.8, 4) is 22.9 Å². The number of carbonyl (C=O) groups excluding carboxylic acids is 1. The maximum Gasteiger partial charge on any atom is 0.310 e. The van der Waals surface area contributed by atoms with Crippen molar-refractivity contribution in [3.63, 3.8) is 0 Å². The Labute approximate surface area is 164 Å². The first-order valence-electron chi connectivity index (χ1n) is 8.04. The molecule has 3 rings (SSSR count). The molecule has 8 heteroatoms. The van der Waals surface area contributed by atoms with Crippen LogP contribution in [0.5, 0.6) is 11.5 Å². The summed E-state index contributed by atoms with van der Waals surface area (Å²) < 4.78 is 21.8. The van der Waals surface area contributed by atoms with E-state index in [1.807, 2.05) is 24.3 Å². The van der Waals surface area contributed by atoms with E-state index in [0.29, 0.717) is 22.9 Å². The third-order valence-corrected chi connectivity index (χ3v) is 4.26. The molecule has 1 aromatic heterocycles. The smallest absolute Gasteiger partial charge is 0.310 e. The number of nitrogens with zero attached hydrogens (tertiary/aromatic N) is 2. The van der Waals surface area contributed by atoms with Gasteiger partial charge in [-0.1, -0.05) is 33.2 Å². The zero-order valence-corrected chi connectivity index (χ0v) is 16.4. The lowest BCUT2D eigenvalue weighted by Crippen LogP contribution is -2.08. The van der Waals surface area contributed by atoms with E-state index in [4.69, 9.17) is 18.7 Å². The average Bonchev–Trinajstić information content (AvgIpc) is 3.16. The number of carbonyl (C=O) groups is 1. The number of hydrogen-bond acceptors (Lipinski definition) is 7. The Morgan fingerprint density at radius 1 is 1.07 bits per heavy atom. The highest BCUT2D eigenvalue weighted by molar-refractivity contribution is 9.10. The summed E-state index contributed by atoms with van der Waals surface area (Å²) >= 11 is 3.35. The van der Waals surface area contributed by atoms with Gasteiger partial charge in [0.15, 0.2) is 18.1 Å². The fraction of sp³-hybridized carbons (Fsp3) is 0.211. The summed E-state index contributed by atoms with van der Waals surface area (Å²) in [6.07, 6.45) is 0.171. The topological polar surface area (TPSA) is 83.7 Å². The molecule has 0 saturated carbocycles. The predicted octanol–water partition coefficient (Wildman–Crippen LogP) is 3.80. The van der Waals surface area contributed by atoms with Crippen LogP contribution in [0.2, 0.25) is 0 Å². The number of halogens is 1. The van der Waals surface area contributed by atoms with Crippen LogP contribution in [0, 0.1) is 0 Å². The first kappa shape index (κ1) is 18.9. The van der Waals surface area contributed by atoms with E-state index >= 15 is 0 Å². The van der Waals surface area contributed by atoms with Crippen LogP contribution in [-0.2, 0) is 22.6 Å². The SMILES string of the molecule is COc1ccc(-c2noc(COC(=O)Cc3ccc(Br)cc3)n2)cc1OC. The molecule has 0 radical (unpaired) electrons. The highest BCUT2D eigenvalue weighted by Gasteiger charge is 2.14. The monoisotopic (exact) mass is 432 g/mol. The third kappa shape index (κ3) is 4.85. The van der Waals surface area contributed by atoms with Crippen LogP contribution < -0.4 is 9.47 Å². The first-order valence-corrected chi connectivity index (χ1v) is 8.83. The Morgan fingerprint density at radius 3 is 2.52 bits per heavy atom. The molecule has 0 amide bonds. The largest absolute Gasteiger partial charge is 0.493 e. The molecule has 0 spiro atoms. The van der Waals surface area contributed by atoms with Gasteiger partial charge in [0.25, 0.3) is 5.89 Å². The standard InChI is InChI=1S/C19H17BrN2O5/c1-24-15-8-5-13(10-16(15)25-2)19-21-17(27-22-19)11-26-18(23)9-12-3-6-14(20)7-4-12/h3-8,10H,9,11H2,1-2H3. The summed E-state index contributed by atoms with van der Waals surface area (Å²) in [6, 6.07) is 12.7. The summed E-state index contributed by atoms with van der Waals surface area (Å²) in [5, 5.41) is 3.91. The van der Waals surface area contributed by atoms with E-state index in [9.17, 15) is 4.79 Å². The van der Waals surface area contributed by atoms with Gasteiger partial charge in [0.1, 0.15) is 0 Å². The quantitative estimate of drug-likeness (QED) is 0.524. The Kier molecular flexibility index (Phi) is 6.08. The Morgan fingerprint density at radius 2 is 1.81 bits per heavy atom. The molecule has 3 aromatic rings. The predicted molar refractivity (Wildman–Crippen MR) is 100 cm³/mol.